The Balaban J connectivity index is 1.97. The third-order valence-electron chi connectivity index (χ3n) is 2.88. The van der Waals surface area contributed by atoms with Crippen molar-refractivity contribution < 1.29 is 4.42 Å². The molecule has 0 aliphatic carbocycles. The van der Waals surface area contributed by atoms with Crippen molar-refractivity contribution in [2.75, 3.05) is 6.54 Å². The first-order valence-electron chi connectivity index (χ1n) is 6.17. The van der Waals surface area contributed by atoms with Crippen molar-refractivity contribution in [1.29, 1.82) is 0 Å². The second-order valence-electron chi connectivity index (χ2n) is 4.28. The average molecular weight is 229 g/mol. The number of hydrogen-bond acceptors (Lipinski definition) is 2. The van der Waals surface area contributed by atoms with Crippen LogP contribution in [0.1, 0.15) is 18.1 Å². The lowest BCUT2D eigenvalue weighted by molar-refractivity contribution is 0.513. The minimum atomic E-state index is 0.472. The lowest BCUT2D eigenvalue weighted by Gasteiger charge is -2.17. The fourth-order valence-corrected chi connectivity index (χ4v) is 2.10. The highest BCUT2D eigenvalue weighted by molar-refractivity contribution is 5.17. The molecule has 1 unspecified atom stereocenters. The van der Waals surface area contributed by atoms with Gasteiger partial charge in [0.05, 0.1) is 12.5 Å². The van der Waals surface area contributed by atoms with Gasteiger partial charge in [-0.2, -0.15) is 0 Å². The maximum atomic E-state index is 5.12. The molecule has 1 N–H and O–H groups in total. The lowest BCUT2D eigenvalue weighted by atomic mass is 10.0. The lowest BCUT2D eigenvalue weighted by Crippen LogP contribution is -2.32. The molecule has 0 aliphatic rings. The van der Waals surface area contributed by atoms with Crippen LogP contribution in [0.15, 0.2) is 53.3 Å². The number of furan rings is 1. The molecule has 2 nitrogen and oxygen atoms in total. The van der Waals surface area contributed by atoms with Gasteiger partial charge >= 0.3 is 0 Å². The minimum absolute atomic E-state index is 0.472. The van der Waals surface area contributed by atoms with E-state index in [0.29, 0.717) is 6.04 Å². The van der Waals surface area contributed by atoms with Gasteiger partial charge in [0.1, 0.15) is 0 Å². The summed E-state index contributed by atoms with van der Waals surface area (Å²) in [6.07, 6.45) is 5.63. The van der Waals surface area contributed by atoms with Crippen molar-refractivity contribution in [1.82, 2.24) is 5.32 Å². The monoisotopic (exact) mass is 229 g/mol. The summed E-state index contributed by atoms with van der Waals surface area (Å²) < 4.78 is 5.12. The fraction of sp³-hybridized carbons (Fsp3) is 0.333. The second-order valence-corrected chi connectivity index (χ2v) is 4.28. The number of nitrogens with one attached hydrogen (secondary N) is 1. The Kier molecular flexibility index (Phi) is 4.39. The third-order valence-corrected chi connectivity index (χ3v) is 2.88. The summed E-state index contributed by atoms with van der Waals surface area (Å²) in [5.41, 5.74) is 2.63. The van der Waals surface area contributed by atoms with Gasteiger partial charge in [0.15, 0.2) is 0 Å². The maximum Gasteiger partial charge on any atom is 0.0935 e. The van der Waals surface area contributed by atoms with Gasteiger partial charge in [-0.05, 0) is 36.6 Å². The minimum Gasteiger partial charge on any atom is -0.472 e. The maximum absolute atomic E-state index is 5.12. The Bertz CT molecular complexity index is 408. The number of likely N-dealkylation sites (N-methyl/N-ethyl adjacent to an activating group) is 1. The Morgan fingerprint density at radius 3 is 2.47 bits per heavy atom. The van der Waals surface area contributed by atoms with Crippen molar-refractivity contribution in [3.8, 4) is 0 Å². The highest BCUT2D eigenvalue weighted by Crippen LogP contribution is 2.09. The van der Waals surface area contributed by atoms with E-state index in [1.165, 1.54) is 11.1 Å². The highest BCUT2D eigenvalue weighted by Gasteiger charge is 2.09. The van der Waals surface area contributed by atoms with Crippen molar-refractivity contribution >= 4 is 0 Å². The Hall–Kier alpha value is -1.54. The van der Waals surface area contributed by atoms with Crippen LogP contribution in [0.5, 0.6) is 0 Å². The number of benzene rings is 1. The van der Waals surface area contributed by atoms with Crippen molar-refractivity contribution in [3.63, 3.8) is 0 Å². The first kappa shape index (κ1) is 11.9. The first-order valence-corrected chi connectivity index (χ1v) is 6.17. The van der Waals surface area contributed by atoms with Crippen molar-refractivity contribution in [3.05, 3.63) is 60.1 Å². The van der Waals surface area contributed by atoms with E-state index < -0.39 is 0 Å². The van der Waals surface area contributed by atoms with Crippen LogP contribution in [-0.4, -0.2) is 12.6 Å². The van der Waals surface area contributed by atoms with Gasteiger partial charge < -0.3 is 9.73 Å². The summed E-state index contributed by atoms with van der Waals surface area (Å²) in [5, 5.41) is 3.53. The largest absolute Gasteiger partial charge is 0.472 e. The van der Waals surface area contributed by atoms with Crippen LogP contribution in [0.4, 0.5) is 0 Å². The molecule has 0 spiro atoms. The zero-order valence-electron chi connectivity index (χ0n) is 10.2. The van der Waals surface area contributed by atoms with E-state index in [1.807, 2.05) is 12.3 Å². The standard InChI is InChI=1S/C15H19NO/c1-2-16-15(11-14-8-9-17-12-14)10-13-6-4-3-5-7-13/h3-9,12,15-16H,2,10-11H2,1H3. The van der Waals surface area contributed by atoms with Crippen LogP contribution < -0.4 is 5.32 Å². The molecule has 1 atom stereocenters. The molecule has 0 bridgehead atoms. The molecule has 2 rings (SSSR count). The molecule has 1 aromatic carbocycles. The second kappa shape index (κ2) is 6.26. The van der Waals surface area contributed by atoms with Gasteiger partial charge in [-0.25, -0.2) is 0 Å². The fourth-order valence-electron chi connectivity index (χ4n) is 2.10. The molecule has 0 aliphatic heterocycles. The summed E-state index contributed by atoms with van der Waals surface area (Å²) in [4.78, 5) is 0. The Labute approximate surface area is 103 Å². The van der Waals surface area contributed by atoms with Crippen LogP contribution in [0, 0.1) is 0 Å². The molecular formula is C15H19NO. The van der Waals surface area contributed by atoms with Crippen LogP contribution in [0.2, 0.25) is 0 Å². The number of rotatable bonds is 6. The Morgan fingerprint density at radius 1 is 1.06 bits per heavy atom. The quantitative estimate of drug-likeness (QED) is 0.823. The molecule has 0 amide bonds. The SMILES string of the molecule is CCNC(Cc1ccccc1)Cc1ccoc1. The molecule has 0 saturated heterocycles. The van der Waals surface area contributed by atoms with E-state index >= 15 is 0 Å². The van der Waals surface area contributed by atoms with E-state index in [2.05, 4.69) is 42.6 Å². The zero-order chi connectivity index (χ0) is 11.9. The van der Waals surface area contributed by atoms with Gasteiger partial charge in [0.25, 0.3) is 0 Å². The van der Waals surface area contributed by atoms with Crippen LogP contribution in [0.25, 0.3) is 0 Å². The molecule has 2 heteroatoms. The average Bonchev–Trinajstić information content (AvgIpc) is 2.83. The summed E-state index contributed by atoms with van der Waals surface area (Å²) >= 11 is 0. The highest BCUT2D eigenvalue weighted by atomic mass is 16.3. The van der Waals surface area contributed by atoms with E-state index in [9.17, 15) is 0 Å². The molecule has 0 radical (unpaired) electrons. The summed E-state index contributed by atoms with van der Waals surface area (Å²) in [6, 6.07) is 13.1. The van der Waals surface area contributed by atoms with Crippen molar-refractivity contribution in [2.45, 2.75) is 25.8 Å². The van der Waals surface area contributed by atoms with Crippen LogP contribution >= 0.6 is 0 Å². The molecule has 17 heavy (non-hydrogen) atoms. The van der Waals surface area contributed by atoms with E-state index in [4.69, 9.17) is 4.42 Å². The van der Waals surface area contributed by atoms with Gasteiger partial charge in [-0.15, -0.1) is 0 Å². The molecule has 2 aromatic rings. The Morgan fingerprint density at radius 2 is 1.82 bits per heavy atom. The van der Waals surface area contributed by atoms with Gasteiger partial charge in [0, 0.05) is 6.04 Å². The van der Waals surface area contributed by atoms with Gasteiger partial charge in [0.2, 0.25) is 0 Å². The van der Waals surface area contributed by atoms with Crippen LogP contribution in [0.3, 0.4) is 0 Å². The predicted molar refractivity (Wildman–Crippen MR) is 70.0 cm³/mol. The molecular weight excluding hydrogens is 210 g/mol. The summed E-state index contributed by atoms with van der Waals surface area (Å²) in [5.74, 6) is 0. The molecule has 1 aromatic heterocycles. The third kappa shape index (κ3) is 3.75. The molecule has 0 fully saturated rings. The molecule has 0 saturated carbocycles. The molecule has 1 heterocycles. The van der Waals surface area contributed by atoms with Gasteiger partial charge in [-0.1, -0.05) is 37.3 Å². The van der Waals surface area contributed by atoms with E-state index in [0.717, 1.165) is 19.4 Å². The predicted octanol–water partition coefficient (Wildman–Crippen LogP) is 3.04. The normalized spacial score (nSPS) is 12.5. The zero-order valence-corrected chi connectivity index (χ0v) is 10.2. The van der Waals surface area contributed by atoms with E-state index in [-0.39, 0.29) is 0 Å². The summed E-state index contributed by atoms with van der Waals surface area (Å²) in [6.45, 7) is 3.14. The van der Waals surface area contributed by atoms with Crippen LogP contribution in [-0.2, 0) is 12.8 Å². The number of hydrogen-bond donors (Lipinski definition) is 1. The smallest absolute Gasteiger partial charge is 0.0935 e. The summed E-state index contributed by atoms with van der Waals surface area (Å²) in [7, 11) is 0. The van der Waals surface area contributed by atoms with Crippen molar-refractivity contribution in [2.24, 2.45) is 0 Å². The first-order chi connectivity index (χ1) is 8.38. The topological polar surface area (TPSA) is 25.2 Å². The molecule has 90 valence electrons. The van der Waals surface area contributed by atoms with E-state index in [1.54, 1.807) is 6.26 Å². The van der Waals surface area contributed by atoms with Gasteiger partial charge in [-0.3, -0.25) is 0 Å².